The van der Waals surface area contributed by atoms with Crippen molar-refractivity contribution in [3.63, 3.8) is 0 Å². The molecule has 0 saturated carbocycles. The Kier molecular flexibility index (Phi) is 10.6. The first-order chi connectivity index (χ1) is 17.4. The van der Waals surface area contributed by atoms with Gasteiger partial charge in [0.2, 0.25) is 0 Å². The maximum absolute atomic E-state index is 12.3. The van der Waals surface area contributed by atoms with Crippen LogP contribution >= 0.6 is 0 Å². The van der Waals surface area contributed by atoms with Crippen molar-refractivity contribution in [1.82, 2.24) is 0 Å². The zero-order chi connectivity index (χ0) is 27.4. The van der Waals surface area contributed by atoms with E-state index < -0.39 is 42.9 Å². The minimum Gasteiger partial charge on any atom is -0.459 e. The zero-order valence-electron chi connectivity index (χ0n) is 19.7. The van der Waals surface area contributed by atoms with Crippen LogP contribution in [0.4, 0.5) is 13.2 Å². The summed E-state index contributed by atoms with van der Waals surface area (Å²) < 4.78 is 56.2. The molecular weight excluding hydrogens is 497 g/mol. The van der Waals surface area contributed by atoms with E-state index >= 15 is 0 Å². The molecule has 11 heteroatoms. The molecule has 0 aliphatic rings. The van der Waals surface area contributed by atoms with Crippen LogP contribution in [0.25, 0.3) is 6.08 Å². The minimum absolute atomic E-state index is 0.00809. The Morgan fingerprint density at radius 3 is 2.03 bits per heavy atom. The third-order valence-electron chi connectivity index (χ3n) is 4.35. The molecule has 196 valence electrons. The fraction of sp³-hybridized carbons (Fsp3) is 0.231. The number of esters is 4. The molecule has 37 heavy (non-hydrogen) atoms. The Labute approximate surface area is 210 Å². The Morgan fingerprint density at radius 1 is 0.865 bits per heavy atom. The Morgan fingerprint density at radius 2 is 1.43 bits per heavy atom. The summed E-state index contributed by atoms with van der Waals surface area (Å²) in [6.07, 6.45) is -3.91. The highest BCUT2D eigenvalue weighted by molar-refractivity contribution is 5.91. The van der Waals surface area contributed by atoms with Gasteiger partial charge in [-0.15, -0.1) is 0 Å². The van der Waals surface area contributed by atoms with Gasteiger partial charge in [-0.25, -0.2) is 14.4 Å². The van der Waals surface area contributed by atoms with Crippen molar-refractivity contribution in [2.45, 2.75) is 25.9 Å². The van der Waals surface area contributed by atoms with Crippen LogP contribution in [0.15, 0.2) is 66.8 Å². The lowest BCUT2D eigenvalue weighted by Gasteiger charge is -2.08. The standard InChI is InChI=1S/C26H23F3O8/c1-17(2)24(32)35-16-15-34-22(30)12-5-18-3-8-21(9-4-18)37-25(33)19-6-10-20(11-7-19)36-23(31)13-14-26(27,28)29/h3-12H,1,13-16H2,2H3/b12-5+. The summed E-state index contributed by atoms with van der Waals surface area (Å²) in [6.45, 7) is 4.72. The highest BCUT2D eigenvalue weighted by atomic mass is 19.4. The average Bonchev–Trinajstić information content (AvgIpc) is 2.84. The number of rotatable bonds is 11. The summed E-state index contributed by atoms with van der Waals surface area (Å²) in [7, 11) is 0. The lowest BCUT2D eigenvalue weighted by Crippen LogP contribution is -2.14. The van der Waals surface area contributed by atoms with E-state index in [2.05, 4.69) is 6.58 Å². The molecule has 2 aromatic carbocycles. The summed E-state index contributed by atoms with van der Waals surface area (Å²) in [4.78, 5) is 46.7. The number of carbonyl (C=O) groups is 4. The number of hydrogen-bond acceptors (Lipinski definition) is 8. The van der Waals surface area contributed by atoms with Gasteiger partial charge in [0, 0.05) is 11.6 Å². The third-order valence-corrected chi connectivity index (χ3v) is 4.35. The summed E-state index contributed by atoms with van der Waals surface area (Å²) in [5.41, 5.74) is 0.972. The topological polar surface area (TPSA) is 105 Å². The molecule has 0 heterocycles. The molecule has 0 spiro atoms. The van der Waals surface area contributed by atoms with Crippen molar-refractivity contribution in [3.05, 3.63) is 77.9 Å². The van der Waals surface area contributed by atoms with Crippen LogP contribution < -0.4 is 9.47 Å². The minimum atomic E-state index is -4.46. The van der Waals surface area contributed by atoms with Crippen molar-refractivity contribution >= 4 is 30.0 Å². The summed E-state index contributed by atoms with van der Waals surface area (Å²) in [6, 6.07) is 11.3. The Bertz CT molecular complexity index is 1150. The molecule has 0 saturated heterocycles. The summed E-state index contributed by atoms with van der Waals surface area (Å²) in [5, 5.41) is 0. The van der Waals surface area contributed by atoms with E-state index in [0.717, 1.165) is 0 Å². The van der Waals surface area contributed by atoms with E-state index in [1.165, 1.54) is 55.5 Å². The van der Waals surface area contributed by atoms with Crippen molar-refractivity contribution < 1.29 is 51.3 Å². The number of alkyl halides is 3. The lowest BCUT2D eigenvalue weighted by molar-refractivity contribution is -0.151. The van der Waals surface area contributed by atoms with Gasteiger partial charge in [-0.2, -0.15) is 13.2 Å². The molecule has 0 amide bonds. The third kappa shape index (κ3) is 11.2. The van der Waals surface area contributed by atoms with Gasteiger partial charge in [0.1, 0.15) is 24.7 Å². The molecule has 2 rings (SSSR count). The largest absolute Gasteiger partial charge is 0.459 e. The van der Waals surface area contributed by atoms with Crippen LogP contribution in [0.3, 0.4) is 0 Å². The van der Waals surface area contributed by atoms with Gasteiger partial charge in [0.25, 0.3) is 0 Å². The molecule has 2 aromatic rings. The first kappa shape index (κ1) is 28.8. The van der Waals surface area contributed by atoms with Gasteiger partial charge in [0.15, 0.2) is 0 Å². The van der Waals surface area contributed by atoms with Gasteiger partial charge in [0.05, 0.1) is 18.4 Å². The highest BCUT2D eigenvalue weighted by Gasteiger charge is 2.28. The lowest BCUT2D eigenvalue weighted by atomic mass is 10.2. The van der Waals surface area contributed by atoms with Crippen molar-refractivity contribution in [1.29, 1.82) is 0 Å². The van der Waals surface area contributed by atoms with Gasteiger partial charge < -0.3 is 18.9 Å². The first-order valence-corrected chi connectivity index (χ1v) is 10.8. The molecule has 0 aromatic heterocycles. The van der Waals surface area contributed by atoms with E-state index in [9.17, 15) is 32.3 Å². The van der Waals surface area contributed by atoms with E-state index in [-0.39, 0.29) is 35.8 Å². The predicted molar refractivity (Wildman–Crippen MR) is 125 cm³/mol. The maximum atomic E-state index is 12.3. The van der Waals surface area contributed by atoms with Gasteiger partial charge in [-0.3, -0.25) is 4.79 Å². The fourth-order valence-corrected chi connectivity index (χ4v) is 2.51. The molecule has 0 fully saturated rings. The normalized spacial score (nSPS) is 11.0. The van der Waals surface area contributed by atoms with Gasteiger partial charge >= 0.3 is 30.1 Å². The second-order valence-electron chi connectivity index (χ2n) is 7.49. The molecule has 0 N–H and O–H groups in total. The Balaban J connectivity index is 1.80. The van der Waals surface area contributed by atoms with Crippen LogP contribution in [0.5, 0.6) is 11.5 Å². The van der Waals surface area contributed by atoms with Crippen LogP contribution in [-0.2, 0) is 23.9 Å². The predicted octanol–water partition coefficient (Wildman–Crippen LogP) is 4.83. The summed E-state index contributed by atoms with van der Waals surface area (Å²) >= 11 is 0. The molecule has 0 aliphatic carbocycles. The smallest absolute Gasteiger partial charge is 0.389 e. The second-order valence-corrected chi connectivity index (χ2v) is 7.49. The van der Waals surface area contributed by atoms with Crippen molar-refractivity contribution in [3.8, 4) is 11.5 Å². The number of ether oxygens (including phenoxy) is 4. The molecule has 0 radical (unpaired) electrons. The quantitative estimate of drug-likeness (QED) is 0.180. The van der Waals surface area contributed by atoms with Gasteiger partial charge in [-0.05, 0) is 55.0 Å². The molecule has 0 unspecified atom stereocenters. The molecule has 0 atom stereocenters. The molecule has 8 nitrogen and oxygen atoms in total. The summed E-state index contributed by atoms with van der Waals surface area (Å²) in [5.74, 6) is -2.77. The van der Waals surface area contributed by atoms with Crippen LogP contribution in [-0.4, -0.2) is 43.3 Å². The van der Waals surface area contributed by atoms with Crippen LogP contribution in [0.1, 0.15) is 35.7 Å². The number of benzene rings is 2. The van der Waals surface area contributed by atoms with E-state index in [0.29, 0.717) is 5.56 Å². The average molecular weight is 520 g/mol. The molecule has 0 aliphatic heterocycles. The molecule has 0 bridgehead atoms. The van der Waals surface area contributed by atoms with Crippen molar-refractivity contribution in [2.75, 3.05) is 13.2 Å². The van der Waals surface area contributed by atoms with Gasteiger partial charge in [-0.1, -0.05) is 18.7 Å². The second kappa shape index (κ2) is 13.6. The van der Waals surface area contributed by atoms with Crippen molar-refractivity contribution in [2.24, 2.45) is 0 Å². The van der Waals surface area contributed by atoms with E-state index in [1.54, 1.807) is 12.1 Å². The number of carbonyl (C=O) groups excluding carboxylic acids is 4. The SMILES string of the molecule is C=C(C)C(=O)OCCOC(=O)/C=C/c1ccc(OC(=O)c2ccc(OC(=O)CCC(F)(F)F)cc2)cc1. The van der Waals surface area contributed by atoms with Crippen LogP contribution in [0.2, 0.25) is 0 Å². The fourth-order valence-electron chi connectivity index (χ4n) is 2.51. The maximum Gasteiger partial charge on any atom is 0.389 e. The Hall–Kier alpha value is -4.41. The monoisotopic (exact) mass is 520 g/mol. The first-order valence-electron chi connectivity index (χ1n) is 10.8. The molecular formula is C26H23F3O8. The highest BCUT2D eigenvalue weighted by Crippen LogP contribution is 2.22. The number of halogens is 3. The number of hydrogen-bond donors (Lipinski definition) is 0. The van der Waals surface area contributed by atoms with E-state index in [1.807, 2.05) is 0 Å². The van der Waals surface area contributed by atoms with E-state index in [4.69, 9.17) is 18.9 Å². The zero-order valence-corrected chi connectivity index (χ0v) is 19.7. The van der Waals surface area contributed by atoms with Crippen LogP contribution in [0, 0.1) is 0 Å².